The first-order chi connectivity index (χ1) is 9.97. The van der Waals surface area contributed by atoms with E-state index in [-0.39, 0.29) is 10.8 Å². The number of aromatic nitrogens is 5. The molecule has 0 radical (unpaired) electrons. The summed E-state index contributed by atoms with van der Waals surface area (Å²) in [4.78, 5) is 21.7. The molecule has 0 aliphatic rings. The van der Waals surface area contributed by atoms with E-state index in [2.05, 4.69) is 20.2 Å². The minimum absolute atomic E-state index is 0.00675. The lowest BCUT2D eigenvalue weighted by atomic mass is 10.2. The molecule has 21 heavy (non-hydrogen) atoms. The third-order valence-electron chi connectivity index (χ3n) is 3.39. The summed E-state index contributed by atoms with van der Waals surface area (Å²) in [5, 5.41) is 9.39. The zero-order valence-electron chi connectivity index (χ0n) is 12.2. The van der Waals surface area contributed by atoms with Crippen molar-refractivity contribution in [2.75, 3.05) is 0 Å². The van der Waals surface area contributed by atoms with Gasteiger partial charge in [0.2, 0.25) is 0 Å². The molecule has 0 aliphatic carbocycles. The van der Waals surface area contributed by atoms with Crippen molar-refractivity contribution in [2.24, 2.45) is 7.05 Å². The van der Waals surface area contributed by atoms with Crippen molar-refractivity contribution in [3.05, 3.63) is 32.9 Å². The molecular formula is C13H15N5OS2. The second-order valence-electron chi connectivity index (χ2n) is 4.90. The molecule has 0 aromatic carbocycles. The third-order valence-corrected chi connectivity index (χ3v) is 5.65. The summed E-state index contributed by atoms with van der Waals surface area (Å²) in [5.74, 6) is 0.668. The molecule has 3 heterocycles. The predicted molar refractivity (Wildman–Crippen MR) is 85.0 cm³/mol. The molecule has 0 bridgehead atoms. The number of thioether (sulfide) groups is 1. The molecule has 1 atom stereocenters. The van der Waals surface area contributed by atoms with E-state index in [1.165, 1.54) is 11.8 Å². The molecule has 0 spiro atoms. The minimum Gasteiger partial charge on any atom is -0.312 e. The van der Waals surface area contributed by atoms with Crippen molar-refractivity contribution in [1.29, 1.82) is 0 Å². The molecule has 0 aliphatic heterocycles. The first kappa shape index (κ1) is 14.3. The lowest BCUT2D eigenvalue weighted by Gasteiger charge is -2.09. The van der Waals surface area contributed by atoms with Crippen molar-refractivity contribution in [1.82, 2.24) is 24.7 Å². The molecule has 0 unspecified atom stereocenters. The summed E-state index contributed by atoms with van der Waals surface area (Å²) >= 11 is 3.08. The van der Waals surface area contributed by atoms with Gasteiger partial charge in [-0.3, -0.25) is 4.79 Å². The average Bonchev–Trinajstić information content (AvgIpc) is 2.95. The Balaban J connectivity index is 2.01. The summed E-state index contributed by atoms with van der Waals surface area (Å²) in [5.41, 5.74) is 0.950. The topological polar surface area (TPSA) is 76.5 Å². The van der Waals surface area contributed by atoms with Gasteiger partial charge in [-0.25, -0.2) is 4.98 Å². The first-order valence-electron chi connectivity index (χ1n) is 6.48. The van der Waals surface area contributed by atoms with Crippen molar-refractivity contribution in [3.8, 4) is 0 Å². The molecule has 6 nitrogen and oxygen atoms in total. The van der Waals surface area contributed by atoms with E-state index < -0.39 is 0 Å². The van der Waals surface area contributed by atoms with Crippen LogP contribution in [0.4, 0.5) is 0 Å². The summed E-state index contributed by atoms with van der Waals surface area (Å²) in [6.07, 6.45) is 1.65. The molecule has 3 rings (SSSR count). The Morgan fingerprint density at radius 1 is 1.43 bits per heavy atom. The number of hydrogen-bond donors (Lipinski definition) is 1. The highest BCUT2D eigenvalue weighted by molar-refractivity contribution is 7.99. The van der Waals surface area contributed by atoms with E-state index in [9.17, 15) is 4.79 Å². The number of fused-ring (bicyclic) bond motifs is 1. The SMILES string of the molecule is Cc1sc2nc([C@@H](C)Sc3nncn3C)[nH]c(=O)c2c1C. The van der Waals surface area contributed by atoms with Gasteiger partial charge in [0.25, 0.3) is 5.56 Å². The highest BCUT2D eigenvalue weighted by Crippen LogP contribution is 2.33. The van der Waals surface area contributed by atoms with Gasteiger partial charge in [0, 0.05) is 11.9 Å². The Kier molecular flexibility index (Phi) is 3.58. The average molecular weight is 321 g/mol. The number of nitrogens with one attached hydrogen (secondary N) is 1. The summed E-state index contributed by atoms with van der Waals surface area (Å²) in [6, 6.07) is 0. The number of aromatic amines is 1. The number of H-pyrrole nitrogens is 1. The van der Waals surface area contributed by atoms with Gasteiger partial charge in [0.15, 0.2) is 5.16 Å². The van der Waals surface area contributed by atoms with Crippen LogP contribution in [0.25, 0.3) is 10.2 Å². The molecule has 0 saturated carbocycles. The van der Waals surface area contributed by atoms with Gasteiger partial charge in [-0.2, -0.15) is 0 Å². The summed E-state index contributed by atoms with van der Waals surface area (Å²) in [7, 11) is 1.89. The molecule has 1 N–H and O–H groups in total. The predicted octanol–water partition coefficient (Wildman–Crippen LogP) is 2.58. The monoisotopic (exact) mass is 321 g/mol. The highest BCUT2D eigenvalue weighted by atomic mass is 32.2. The molecular weight excluding hydrogens is 306 g/mol. The molecule has 0 saturated heterocycles. The van der Waals surface area contributed by atoms with Gasteiger partial charge in [0.05, 0.1) is 10.6 Å². The fourth-order valence-corrected chi connectivity index (χ4v) is 3.94. The van der Waals surface area contributed by atoms with E-state index >= 15 is 0 Å². The summed E-state index contributed by atoms with van der Waals surface area (Å²) in [6.45, 7) is 5.97. The zero-order valence-corrected chi connectivity index (χ0v) is 13.8. The third kappa shape index (κ3) is 2.49. The van der Waals surface area contributed by atoms with Crippen molar-refractivity contribution < 1.29 is 0 Å². The Bertz CT molecular complexity index is 863. The molecule has 110 valence electrons. The van der Waals surface area contributed by atoms with Gasteiger partial charge in [-0.05, 0) is 26.3 Å². The Morgan fingerprint density at radius 2 is 2.19 bits per heavy atom. The van der Waals surface area contributed by atoms with E-state index in [1.807, 2.05) is 32.4 Å². The van der Waals surface area contributed by atoms with E-state index in [0.29, 0.717) is 11.2 Å². The quantitative estimate of drug-likeness (QED) is 0.750. The van der Waals surface area contributed by atoms with Crippen LogP contribution in [-0.4, -0.2) is 24.7 Å². The van der Waals surface area contributed by atoms with Crippen LogP contribution in [0.3, 0.4) is 0 Å². The summed E-state index contributed by atoms with van der Waals surface area (Å²) < 4.78 is 1.84. The van der Waals surface area contributed by atoms with E-state index in [4.69, 9.17) is 0 Å². The van der Waals surface area contributed by atoms with Gasteiger partial charge in [0.1, 0.15) is 17.0 Å². The van der Waals surface area contributed by atoms with Crippen LogP contribution in [0.15, 0.2) is 16.3 Å². The number of nitrogens with zero attached hydrogens (tertiary/aromatic N) is 4. The largest absolute Gasteiger partial charge is 0.312 e. The van der Waals surface area contributed by atoms with Gasteiger partial charge in [-0.1, -0.05) is 11.8 Å². The van der Waals surface area contributed by atoms with Gasteiger partial charge in [-0.15, -0.1) is 21.5 Å². The number of hydrogen-bond acceptors (Lipinski definition) is 6. The van der Waals surface area contributed by atoms with E-state index in [0.717, 1.165) is 20.4 Å². The lowest BCUT2D eigenvalue weighted by Crippen LogP contribution is -2.12. The highest BCUT2D eigenvalue weighted by Gasteiger charge is 2.17. The number of aryl methyl sites for hydroxylation is 3. The smallest absolute Gasteiger partial charge is 0.259 e. The van der Waals surface area contributed by atoms with Crippen molar-refractivity contribution in [2.45, 2.75) is 31.2 Å². The Labute approximate surface area is 129 Å². The minimum atomic E-state index is -0.0673. The molecule has 8 heteroatoms. The van der Waals surface area contributed by atoms with Crippen LogP contribution in [0.5, 0.6) is 0 Å². The zero-order chi connectivity index (χ0) is 15.1. The molecule has 3 aromatic heterocycles. The van der Waals surface area contributed by atoms with Crippen LogP contribution in [0.1, 0.15) is 28.4 Å². The standard InChI is InChI=1S/C13H15N5OS2/c1-6-7(2)20-12-9(6)11(19)15-10(16-12)8(3)21-13-17-14-5-18(13)4/h5,8H,1-4H3,(H,15,16,19)/t8-/m1/s1. The Morgan fingerprint density at radius 3 is 2.86 bits per heavy atom. The van der Waals surface area contributed by atoms with Crippen LogP contribution in [-0.2, 0) is 7.05 Å². The maximum absolute atomic E-state index is 12.3. The Hall–Kier alpha value is -1.67. The molecule has 3 aromatic rings. The fraction of sp³-hybridized carbons (Fsp3) is 0.385. The van der Waals surface area contributed by atoms with Gasteiger partial charge >= 0.3 is 0 Å². The lowest BCUT2D eigenvalue weighted by molar-refractivity contribution is 0.781. The van der Waals surface area contributed by atoms with Gasteiger partial charge < -0.3 is 9.55 Å². The maximum atomic E-state index is 12.3. The van der Waals surface area contributed by atoms with Crippen LogP contribution in [0.2, 0.25) is 0 Å². The van der Waals surface area contributed by atoms with Crippen LogP contribution in [0, 0.1) is 13.8 Å². The second kappa shape index (κ2) is 5.27. The molecule has 0 amide bonds. The normalized spacial score (nSPS) is 13.0. The van der Waals surface area contributed by atoms with Crippen LogP contribution >= 0.6 is 23.1 Å². The number of rotatable bonds is 3. The number of thiophene rings is 1. The van der Waals surface area contributed by atoms with Crippen molar-refractivity contribution in [3.63, 3.8) is 0 Å². The van der Waals surface area contributed by atoms with Crippen molar-refractivity contribution >= 4 is 33.3 Å². The maximum Gasteiger partial charge on any atom is 0.259 e. The second-order valence-corrected chi connectivity index (χ2v) is 7.41. The van der Waals surface area contributed by atoms with E-state index in [1.54, 1.807) is 17.7 Å². The molecule has 0 fully saturated rings. The fourth-order valence-electron chi connectivity index (χ4n) is 2.06. The van der Waals surface area contributed by atoms with Crippen LogP contribution < -0.4 is 5.56 Å². The first-order valence-corrected chi connectivity index (χ1v) is 8.17.